The molecule has 0 radical (unpaired) electrons. The minimum atomic E-state index is 0.222. The number of rotatable bonds is 2. The number of halogens is 1. The van der Waals surface area contributed by atoms with Crippen molar-refractivity contribution in [2.24, 2.45) is 5.73 Å². The Balaban J connectivity index is 2.04. The highest BCUT2D eigenvalue weighted by atomic mass is 79.9. The maximum atomic E-state index is 5.75. The van der Waals surface area contributed by atoms with E-state index in [9.17, 15) is 0 Å². The number of aromatic nitrogens is 1. The highest BCUT2D eigenvalue weighted by molar-refractivity contribution is 9.10. The van der Waals surface area contributed by atoms with Crippen LogP contribution in [0.2, 0.25) is 0 Å². The first-order valence-corrected chi connectivity index (χ1v) is 7.05. The van der Waals surface area contributed by atoms with Gasteiger partial charge in [-0.25, -0.2) is 4.98 Å². The summed E-state index contributed by atoms with van der Waals surface area (Å²) in [6.45, 7) is 0. The normalized spacial score (nSPS) is 10.7. The highest BCUT2D eigenvalue weighted by Crippen LogP contribution is 2.27. The molecule has 3 aromatic rings. The Morgan fingerprint density at radius 3 is 2.85 bits per heavy atom. The number of hydrogen-bond acceptors (Lipinski definition) is 3. The fraction of sp³-hybridized carbons (Fsp3) is 0. The molecular formula is C14H10BrN3OS. The average molecular weight is 348 g/mol. The van der Waals surface area contributed by atoms with Gasteiger partial charge in [0.05, 0.1) is 0 Å². The Kier molecular flexibility index (Phi) is 3.42. The first-order valence-electron chi connectivity index (χ1n) is 5.85. The van der Waals surface area contributed by atoms with E-state index < -0.39 is 0 Å². The van der Waals surface area contributed by atoms with Crippen LogP contribution >= 0.6 is 28.1 Å². The molecular weight excluding hydrogens is 338 g/mol. The zero-order chi connectivity index (χ0) is 14.1. The van der Waals surface area contributed by atoms with Crippen molar-refractivity contribution in [2.45, 2.75) is 0 Å². The van der Waals surface area contributed by atoms with E-state index in [4.69, 9.17) is 22.4 Å². The summed E-state index contributed by atoms with van der Waals surface area (Å²) >= 11 is 8.25. The number of benzene rings is 2. The average Bonchev–Trinajstić information content (AvgIpc) is 2.81. The maximum absolute atomic E-state index is 5.75. The maximum Gasteiger partial charge on any atom is 0.227 e. The molecule has 0 atom stereocenters. The van der Waals surface area contributed by atoms with Gasteiger partial charge in [0.2, 0.25) is 5.89 Å². The molecule has 2 aromatic carbocycles. The smallest absolute Gasteiger partial charge is 0.227 e. The molecule has 3 N–H and O–H groups in total. The van der Waals surface area contributed by atoms with Gasteiger partial charge in [-0.2, -0.15) is 0 Å². The van der Waals surface area contributed by atoms with E-state index in [0.29, 0.717) is 11.5 Å². The second-order valence-electron chi connectivity index (χ2n) is 4.20. The molecule has 0 aliphatic heterocycles. The van der Waals surface area contributed by atoms with Crippen LogP contribution in [0.1, 0.15) is 0 Å². The number of fused-ring (bicyclic) bond motifs is 1. The summed E-state index contributed by atoms with van der Waals surface area (Å²) in [5.74, 6) is 0.578. The van der Waals surface area contributed by atoms with Crippen LogP contribution in [0, 0.1) is 0 Å². The lowest BCUT2D eigenvalue weighted by Crippen LogP contribution is -2.18. The van der Waals surface area contributed by atoms with Crippen molar-refractivity contribution in [3.63, 3.8) is 0 Å². The standard InChI is InChI=1S/C14H10BrN3OS/c15-9-3-1-2-8(6-9)13-18-11-7-10(17-14(16)20)4-5-12(11)19-13/h1-7H,(H3,16,17,20). The molecule has 1 aromatic heterocycles. The largest absolute Gasteiger partial charge is 0.436 e. The van der Waals surface area contributed by atoms with Crippen LogP contribution in [0.3, 0.4) is 0 Å². The summed E-state index contributed by atoms with van der Waals surface area (Å²) in [5, 5.41) is 3.10. The van der Waals surface area contributed by atoms with E-state index in [0.717, 1.165) is 21.2 Å². The van der Waals surface area contributed by atoms with Gasteiger partial charge in [-0.05, 0) is 48.6 Å². The van der Waals surface area contributed by atoms with Gasteiger partial charge < -0.3 is 15.5 Å². The summed E-state index contributed by atoms with van der Waals surface area (Å²) in [5.41, 5.74) is 8.63. The lowest BCUT2D eigenvalue weighted by Gasteiger charge is -2.01. The summed E-state index contributed by atoms with van der Waals surface area (Å²) < 4.78 is 6.72. The van der Waals surface area contributed by atoms with Gasteiger partial charge in [0.1, 0.15) is 5.52 Å². The molecule has 6 heteroatoms. The van der Waals surface area contributed by atoms with Crippen molar-refractivity contribution in [3.05, 3.63) is 46.9 Å². The quantitative estimate of drug-likeness (QED) is 0.688. The SMILES string of the molecule is NC(=S)Nc1ccc2oc(-c3cccc(Br)c3)nc2c1. The van der Waals surface area contributed by atoms with Gasteiger partial charge in [-0.1, -0.05) is 22.0 Å². The fourth-order valence-electron chi connectivity index (χ4n) is 1.89. The first-order chi connectivity index (χ1) is 9.61. The van der Waals surface area contributed by atoms with E-state index >= 15 is 0 Å². The van der Waals surface area contributed by atoms with Crippen molar-refractivity contribution in [1.29, 1.82) is 0 Å². The Morgan fingerprint density at radius 1 is 1.25 bits per heavy atom. The Labute approximate surface area is 129 Å². The zero-order valence-electron chi connectivity index (χ0n) is 10.3. The molecule has 0 saturated heterocycles. The predicted molar refractivity (Wildman–Crippen MR) is 87.6 cm³/mol. The number of nitrogens with zero attached hydrogens (tertiary/aromatic N) is 1. The fourth-order valence-corrected chi connectivity index (χ4v) is 2.41. The van der Waals surface area contributed by atoms with Gasteiger partial charge in [0.25, 0.3) is 0 Å². The first kappa shape index (κ1) is 13.1. The van der Waals surface area contributed by atoms with E-state index in [-0.39, 0.29) is 5.11 Å². The number of anilines is 1. The molecule has 0 aliphatic carbocycles. The van der Waals surface area contributed by atoms with Crippen LogP contribution in [0.25, 0.3) is 22.6 Å². The molecule has 0 bridgehead atoms. The Bertz CT molecular complexity index is 800. The van der Waals surface area contributed by atoms with Crippen molar-refractivity contribution in [2.75, 3.05) is 5.32 Å². The van der Waals surface area contributed by atoms with E-state index in [1.807, 2.05) is 42.5 Å². The predicted octanol–water partition coefficient (Wildman–Crippen LogP) is 3.91. The summed E-state index contributed by atoms with van der Waals surface area (Å²) in [6.07, 6.45) is 0. The monoisotopic (exact) mass is 347 g/mol. The summed E-state index contributed by atoms with van der Waals surface area (Å²) in [7, 11) is 0. The minimum Gasteiger partial charge on any atom is -0.436 e. The molecule has 1 heterocycles. The molecule has 0 fully saturated rings. The van der Waals surface area contributed by atoms with Crippen LogP contribution in [0.4, 0.5) is 5.69 Å². The molecule has 0 amide bonds. The van der Waals surface area contributed by atoms with Crippen molar-refractivity contribution >= 4 is 50.0 Å². The van der Waals surface area contributed by atoms with Gasteiger partial charge in [0, 0.05) is 15.7 Å². The number of oxazole rings is 1. The van der Waals surface area contributed by atoms with E-state index in [1.165, 1.54) is 0 Å². The van der Waals surface area contributed by atoms with Crippen LogP contribution in [-0.4, -0.2) is 10.1 Å². The number of hydrogen-bond donors (Lipinski definition) is 2. The summed E-state index contributed by atoms with van der Waals surface area (Å²) in [4.78, 5) is 4.48. The number of nitrogens with two attached hydrogens (primary N) is 1. The van der Waals surface area contributed by atoms with Crippen molar-refractivity contribution in [1.82, 2.24) is 4.98 Å². The van der Waals surface area contributed by atoms with Crippen LogP contribution in [0.15, 0.2) is 51.4 Å². The van der Waals surface area contributed by atoms with Crippen molar-refractivity contribution in [3.8, 4) is 11.5 Å². The van der Waals surface area contributed by atoms with Crippen molar-refractivity contribution < 1.29 is 4.42 Å². The third kappa shape index (κ3) is 2.66. The van der Waals surface area contributed by atoms with Crippen LogP contribution in [0.5, 0.6) is 0 Å². The second kappa shape index (κ2) is 5.22. The third-order valence-corrected chi connectivity index (χ3v) is 3.32. The molecule has 100 valence electrons. The molecule has 4 nitrogen and oxygen atoms in total. The molecule has 20 heavy (non-hydrogen) atoms. The number of nitrogens with one attached hydrogen (secondary N) is 1. The number of thiocarbonyl (C=S) groups is 1. The lowest BCUT2D eigenvalue weighted by atomic mass is 10.2. The van der Waals surface area contributed by atoms with Gasteiger partial charge in [-0.15, -0.1) is 0 Å². The van der Waals surface area contributed by atoms with E-state index in [2.05, 4.69) is 26.2 Å². The molecule has 0 unspecified atom stereocenters. The third-order valence-electron chi connectivity index (χ3n) is 2.73. The minimum absolute atomic E-state index is 0.222. The summed E-state index contributed by atoms with van der Waals surface area (Å²) in [6, 6.07) is 13.3. The second-order valence-corrected chi connectivity index (χ2v) is 5.56. The molecule has 0 spiro atoms. The highest BCUT2D eigenvalue weighted by Gasteiger charge is 2.09. The Morgan fingerprint density at radius 2 is 2.10 bits per heavy atom. The van der Waals surface area contributed by atoms with Gasteiger partial charge in [0.15, 0.2) is 10.7 Å². The molecule has 3 rings (SSSR count). The van der Waals surface area contributed by atoms with Gasteiger partial charge in [-0.3, -0.25) is 0 Å². The molecule has 0 saturated carbocycles. The molecule has 0 aliphatic rings. The van der Waals surface area contributed by atoms with E-state index in [1.54, 1.807) is 0 Å². The van der Waals surface area contributed by atoms with Crippen LogP contribution < -0.4 is 11.1 Å². The topological polar surface area (TPSA) is 64.1 Å². The lowest BCUT2D eigenvalue weighted by molar-refractivity contribution is 0.620. The Hall–Kier alpha value is -1.92. The van der Waals surface area contributed by atoms with Gasteiger partial charge >= 0.3 is 0 Å². The van der Waals surface area contributed by atoms with Crippen LogP contribution in [-0.2, 0) is 0 Å². The zero-order valence-corrected chi connectivity index (χ0v) is 12.7.